The third-order valence-electron chi connectivity index (χ3n) is 6.22. The van der Waals surface area contributed by atoms with Crippen LogP contribution in [0.25, 0.3) is 0 Å². The molecule has 182 valence electrons. The molecule has 0 N–H and O–H groups in total. The minimum absolute atomic E-state index is 0. The summed E-state index contributed by atoms with van der Waals surface area (Å²) in [4.78, 5) is 15.4. The first-order valence-corrected chi connectivity index (χ1v) is 12.4. The Morgan fingerprint density at radius 2 is 1.24 bits per heavy atom. The molecule has 0 atom stereocenters. The van der Waals surface area contributed by atoms with Crippen molar-refractivity contribution in [2.75, 3.05) is 39.5 Å². The van der Waals surface area contributed by atoms with Crippen LogP contribution in [-0.2, 0) is 14.3 Å². The SMILES string of the molecule is Cl.O=C(OCCCCCCCCCCN1CCOCC1)C(c1ccccc1)c1ccccc1. The maximum Gasteiger partial charge on any atom is 0.317 e. The number of ether oxygens (including phenoxy) is 2. The average Bonchev–Trinajstić information content (AvgIpc) is 2.85. The van der Waals surface area contributed by atoms with Crippen molar-refractivity contribution in [3.8, 4) is 0 Å². The summed E-state index contributed by atoms with van der Waals surface area (Å²) in [6, 6.07) is 19.8. The lowest BCUT2D eigenvalue weighted by molar-refractivity contribution is -0.144. The van der Waals surface area contributed by atoms with Crippen LogP contribution in [-0.4, -0.2) is 50.3 Å². The molecule has 33 heavy (non-hydrogen) atoms. The van der Waals surface area contributed by atoms with Gasteiger partial charge < -0.3 is 9.47 Å². The molecule has 3 rings (SSSR count). The van der Waals surface area contributed by atoms with E-state index in [1.807, 2.05) is 60.7 Å². The predicted molar refractivity (Wildman–Crippen MR) is 137 cm³/mol. The number of halogens is 1. The Balaban J connectivity index is 0.00000385. The van der Waals surface area contributed by atoms with Crippen molar-refractivity contribution in [2.24, 2.45) is 0 Å². The van der Waals surface area contributed by atoms with Gasteiger partial charge in [0.2, 0.25) is 0 Å². The van der Waals surface area contributed by atoms with Crippen molar-refractivity contribution in [1.82, 2.24) is 4.90 Å². The number of unbranched alkanes of at least 4 members (excludes halogenated alkanes) is 7. The van der Waals surface area contributed by atoms with E-state index in [0.29, 0.717) is 6.61 Å². The summed E-state index contributed by atoms with van der Waals surface area (Å²) < 4.78 is 11.1. The van der Waals surface area contributed by atoms with Gasteiger partial charge in [0.25, 0.3) is 0 Å². The molecule has 4 nitrogen and oxygen atoms in total. The molecule has 5 heteroatoms. The lowest BCUT2D eigenvalue weighted by atomic mass is 9.91. The molecule has 1 aliphatic heterocycles. The van der Waals surface area contributed by atoms with Crippen LogP contribution in [0.2, 0.25) is 0 Å². The highest BCUT2D eigenvalue weighted by Crippen LogP contribution is 2.26. The summed E-state index contributed by atoms with van der Waals surface area (Å²) in [5.74, 6) is -0.502. The van der Waals surface area contributed by atoms with Crippen LogP contribution in [0.1, 0.15) is 68.4 Å². The van der Waals surface area contributed by atoms with Gasteiger partial charge >= 0.3 is 5.97 Å². The van der Waals surface area contributed by atoms with Crippen LogP contribution < -0.4 is 0 Å². The fraction of sp³-hybridized carbons (Fsp3) is 0.536. The summed E-state index contributed by atoms with van der Waals surface area (Å²) in [7, 11) is 0. The van der Waals surface area contributed by atoms with E-state index in [0.717, 1.165) is 50.3 Å². The Hall–Kier alpha value is -1.88. The fourth-order valence-electron chi connectivity index (χ4n) is 4.33. The summed E-state index contributed by atoms with van der Waals surface area (Å²) >= 11 is 0. The first-order valence-electron chi connectivity index (χ1n) is 12.4. The largest absolute Gasteiger partial charge is 0.465 e. The number of hydrogen-bond acceptors (Lipinski definition) is 4. The van der Waals surface area contributed by atoms with Gasteiger partial charge in [-0.3, -0.25) is 9.69 Å². The molecule has 0 saturated carbocycles. The maximum absolute atomic E-state index is 12.9. The second kappa shape index (κ2) is 16.7. The molecule has 0 bridgehead atoms. The first-order chi connectivity index (χ1) is 15.8. The molecule has 0 amide bonds. The molecule has 2 aromatic rings. The molecule has 1 aliphatic rings. The number of benzene rings is 2. The van der Waals surface area contributed by atoms with Gasteiger partial charge in [-0.05, 0) is 30.5 Å². The van der Waals surface area contributed by atoms with Crippen molar-refractivity contribution in [2.45, 2.75) is 57.3 Å². The topological polar surface area (TPSA) is 38.8 Å². The van der Waals surface area contributed by atoms with Crippen molar-refractivity contribution >= 4 is 18.4 Å². The van der Waals surface area contributed by atoms with Crippen LogP contribution in [0, 0.1) is 0 Å². The Morgan fingerprint density at radius 1 is 0.758 bits per heavy atom. The van der Waals surface area contributed by atoms with Gasteiger partial charge in [-0.15, -0.1) is 12.4 Å². The Morgan fingerprint density at radius 3 is 1.79 bits per heavy atom. The van der Waals surface area contributed by atoms with E-state index in [1.54, 1.807) is 0 Å². The maximum atomic E-state index is 12.9. The quantitative estimate of drug-likeness (QED) is 0.240. The van der Waals surface area contributed by atoms with E-state index in [2.05, 4.69) is 4.90 Å². The minimum Gasteiger partial charge on any atom is -0.465 e. The van der Waals surface area contributed by atoms with E-state index in [9.17, 15) is 4.79 Å². The van der Waals surface area contributed by atoms with E-state index < -0.39 is 0 Å². The predicted octanol–water partition coefficient (Wildman–Crippen LogP) is 6.24. The minimum atomic E-state index is -0.352. The summed E-state index contributed by atoms with van der Waals surface area (Å²) in [6.07, 6.45) is 9.85. The van der Waals surface area contributed by atoms with Crippen molar-refractivity contribution in [3.63, 3.8) is 0 Å². The van der Waals surface area contributed by atoms with Crippen LogP contribution in [0.5, 0.6) is 0 Å². The lowest BCUT2D eigenvalue weighted by Gasteiger charge is -2.26. The first kappa shape index (κ1) is 27.4. The number of morpholine rings is 1. The molecule has 0 spiro atoms. The average molecular weight is 474 g/mol. The van der Waals surface area contributed by atoms with Gasteiger partial charge in [-0.25, -0.2) is 0 Å². The highest BCUT2D eigenvalue weighted by molar-refractivity contribution is 5.85. The number of carbonyl (C=O) groups excluding carboxylic acids is 1. The lowest BCUT2D eigenvalue weighted by Crippen LogP contribution is -2.36. The number of esters is 1. The molecular formula is C28H40ClNO3. The zero-order valence-corrected chi connectivity index (χ0v) is 20.6. The fourth-order valence-corrected chi connectivity index (χ4v) is 4.33. The normalized spacial score (nSPS) is 14.1. The molecule has 1 heterocycles. The molecule has 2 aromatic carbocycles. The number of carbonyl (C=O) groups is 1. The molecular weight excluding hydrogens is 434 g/mol. The van der Waals surface area contributed by atoms with Crippen molar-refractivity contribution < 1.29 is 14.3 Å². The third kappa shape index (κ3) is 10.3. The van der Waals surface area contributed by atoms with E-state index in [1.165, 1.54) is 45.1 Å². The van der Waals surface area contributed by atoms with E-state index in [4.69, 9.17) is 9.47 Å². The molecule has 0 radical (unpaired) electrons. The van der Waals surface area contributed by atoms with Crippen molar-refractivity contribution in [3.05, 3.63) is 71.8 Å². The van der Waals surface area contributed by atoms with Crippen LogP contribution in [0.3, 0.4) is 0 Å². The third-order valence-corrected chi connectivity index (χ3v) is 6.22. The second-order valence-electron chi connectivity index (χ2n) is 8.70. The summed E-state index contributed by atoms with van der Waals surface area (Å²) in [5, 5.41) is 0. The second-order valence-corrected chi connectivity index (χ2v) is 8.70. The molecule has 0 aliphatic carbocycles. The Labute approximate surface area is 206 Å². The number of rotatable bonds is 14. The zero-order valence-electron chi connectivity index (χ0n) is 19.8. The number of nitrogens with zero attached hydrogens (tertiary/aromatic N) is 1. The molecule has 1 saturated heterocycles. The van der Waals surface area contributed by atoms with Crippen molar-refractivity contribution in [1.29, 1.82) is 0 Å². The molecule has 0 aromatic heterocycles. The van der Waals surface area contributed by atoms with Gasteiger partial charge in [0, 0.05) is 13.1 Å². The number of hydrogen-bond donors (Lipinski definition) is 0. The standard InChI is InChI=1S/C28H39NO3.ClH/c30-28(27(25-15-9-7-10-16-25)26-17-11-8-12-18-26)32-22-14-6-4-2-1-3-5-13-19-29-20-23-31-24-21-29;/h7-12,15-18,27H,1-6,13-14,19-24H2;1H. The molecule has 1 fully saturated rings. The zero-order chi connectivity index (χ0) is 22.3. The molecule has 0 unspecified atom stereocenters. The van der Waals surface area contributed by atoms with E-state index in [-0.39, 0.29) is 24.3 Å². The summed E-state index contributed by atoms with van der Waals surface area (Å²) in [6.45, 7) is 5.73. The van der Waals surface area contributed by atoms with Gasteiger partial charge in [-0.2, -0.15) is 0 Å². The Kier molecular flexibility index (Phi) is 13.8. The van der Waals surface area contributed by atoms with Crippen LogP contribution >= 0.6 is 12.4 Å². The van der Waals surface area contributed by atoms with Crippen LogP contribution in [0.4, 0.5) is 0 Å². The van der Waals surface area contributed by atoms with Crippen LogP contribution in [0.15, 0.2) is 60.7 Å². The van der Waals surface area contributed by atoms with Gasteiger partial charge in [0.1, 0.15) is 5.92 Å². The highest BCUT2D eigenvalue weighted by Gasteiger charge is 2.23. The van der Waals surface area contributed by atoms with Gasteiger partial charge in [-0.1, -0.05) is 99.2 Å². The highest BCUT2D eigenvalue weighted by atomic mass is 35.5. The van der Waals surface area contributed by atoms with Gasteiger partial charge in [0.15, 0.2) is 0 Å². The summed E-state index contributed by atoms with van der Waals surface area (Å²) in [5.41, 5.74) is 1.97. The Bertz CT molecular complexity index is 711. The van der Waals surface area contributed by atoms with Gasteiger partial charge in [0.05, 0.1) is 19.8 Å². The smallest absolute Gasteiger partial charge is 0.317 e. The van der Waals surface area contributed by atoms with E-state index >= 15 is 0 Å². The monoisotopic (exact) mass is 473 g/mol.